The molecule has 0 saturated heterocycles. The van der Waals surface area contributed by atoms with E-state index in [0.717, 1.165) is 0 Å². The summed E-state index contributed by atoms with van der Waals surface area (Å²) in [4.78, 5) is 8.82. The van der Waals surface area contributed by atoms with Gasteiger partial charge in [0, 0.05) is 0 Å². The van der Waals surface area contributed by atoms with E-state index in [1.165, 1.54) is 115 Å². The first-order valence-electron chi connectivity index (χ1n) is 15.2. The molecule has 0 radical (unpaired) electrons. The predicted octanol–water partition coefficient (Wildman–Crippen LogP) is 13.2. The SMILES string of the molecule is CCCCCCc1ccc(-c2cc3cc4c(cc3s2)[se]c2cc3sc(-c5ccc(CCCCCC)s5)cc3cc24)s1. The molecular weight excluding hydrogens is 640 g/mol. The van der Waals surface area contributed by atoms with E-state index in [0.29, 0.717) is 14.5 Å². The zero-order valence-corrected chi connectivity index (χ0v) is 28.9. The molecule has 7 aromatic rings. The van der Waals surface area contributed by atoms with Crippen LogP contribution >= 0.6 is 45.3 Å². The Balaban J connectivity index is 1.16. The Morgan fingerprint density at radius 1 is 0.488 bits per heavy atom. The van der Waals surface area contributed by atoms with Gasteiger partial charge in [-0.1, -0.05) is 26.7 Å². The van der Waals surface area contributed by atoms with Gasteiger partial charge in [-0.2, -0.15) is 0 Å². The molecule has 0 spiro atoms. The minimum atomic E-state index is 0.379. The molecular formula is C36H36S4Se. The van der Waals surface area contributed by atoms with Crippen LogP contribution in [0, 0.1) is 0 Å². The van der Waals surface area contributed by atoms with Gasteiger partial charge < -0.3 is 0 Å². The van der Waals surface area contributed by atoms with Crippen molar-refractivity contribution in [2.24, 2.45) is 0 Å². The van der Waals surface area contributed by atoms with E-state index in [-0.39, 0.29) is 0 Å². The molecule has 0 saturated carbocycles. The van der Waals surface area contributed by atoms with Gasteiger partial charge in [-0.25, -0.2) is 0 Å². The van der Waals surface area contributed by atoms with Crippen molar-refractivity contribution in [3.63, 3.8) is 0 Å². The van der Waals surface area contributed by atoms with Crippen molar-refractivity contribution in [1.29, 1.82) is 0 Å². The predicted molar refractivity (Wildman–Crippen MR) is 191 cm³/mol. The Morgan fingerprint density at radius 3 is 1.44 bits per heavy atom. The quantitative estimate of drug-likeness (QED) is 0.0893. The summed E-state index contributed by atoms with van der Waals surface area (Å²) in [6, 6.07) is 24.3. The van der Waals surface area contributed by atoms with Gasteiger partial charge in [0.15, 0.2) is 0 Å². The normalized spacial score (nSPS) is 12.1. The summed E-state index contributed by atoms with van der Waals surface area (Å²) in [6.07, 6.45) is 13.1. The molecule has 0 aliphatic heterocycles. The fraction of sp³-hybridized carbons (Fsp3) is 0.333. The summed E-state index contributed by atoms with van der Waals surface area (Å²) in [5, 5.41) is 5.75. The zero-order valence-electron chi connectivity index (χ0n) is 23.9. The number of hydrogen-bond donors (Lipinski definition) is 0. The second-order valence-electron chi connectivity index (χ2n) is 11.2. The third-order valence-corrected chi connectivity index (χ3v) is 15.3. The van der Waals surface area contributed by atoms with Crippen molar-refractivity contribution in [1.82, 2.24) is 0 Å². The van der Waals surface area contributed by atoms with Gasteiger partial charge >= 0.3 is 241 Å². The number of benzene rings is 2. The van der Waals surface area contributed by atoms with Crippen LogP contribution < -0.4 is 0 Å². The first-order valence-corrected chi connectivity index (χ1v) is 20.2. The van der Waals surface area contributed by atoms with E-state index in [1.54, 1.807) is 18.3 Å². The topological polar surface area (TPSA) is 0 Å². The summed E-state index contributed by atoms with van der Waals surface area (Å²) in [5.74, 6) is 0. The van der Waals surface area contributed by atoms with Crippen LogP contribution in [0.2, 0.25) is 0 Å². The summed E-state index contributed by atoms with van der Waals surface area (Å²) < 4.78 is 6.00. The Labute approximate surface area is 265 Å². The van der Waals surface area contributed by atoms with Crippen LogP contribution in [-0.4, -0.2) is 14.5 Å². The molecule has 0 bridgehead atoms. The molecule has 210 valence electrons. The van der Waals surface area contributed by atoms with Crippen LogP contribution in [0.25, 0.3) is 59.0 Å². The van der Waals surface area contributed by atoms with E-state index in [2.05, 4.69) is 74.5 Å². The Kier molecular flexibility index (Phi) is 8.55. The molecule has 0 atom stereocenters. The average molecular weight is 676 g/mol. The van der Waals surface area contributed by atoms with Gasteiger partial charge in [-0.15, -0.1) is 0 Å². The van der Waals surface area contributed by atoms with Gasteiger partial charge in [0.05, 0.1) is 0 Å². The molecule has 0 aliphatic carbocycles. The standard InChI is InChI=1S/C36H36S4Se/c1-3-5-7-9-11-25-13-15-29(37-25)33-19-23-17-27-28-18-24-20-34(30-16-14-26(38-30)12-10-8-6-4-2)40-32(24)22-36(28)41-35(27)21-31(23)39-33/h13-22H,3-12H2,1-2H3. The molecule has 5 aromatic heterocycles. The van der Waals surface area contributed by atoms with Crippen LogP contribution in [0.4, 0.5) is 0 Å². The Hall–Kier alpha value is -1.72. The monoisotopic (exact) mass is 676 g/mol. The first kappa shape index (κ1) is 28.1. The molecule has 2 aromatic carbocycles. The van der Waals surface area contributed by atoms with Gasteiger partial charge in [-0.3, -0.25) is 0 Å². The van der Waals surface area contributed by atoms with Crippen LogP contribution in [0.15, 0.2) is 60.7 Å². The molecule has 0 aliphatic rings. The fourth-order valence-electron chi connectivity index (χ4n) is 5.83. The fourth-order valence-corrected chi connectivity index (χ4v) is 13.0. The van der Waals surface area contributed by atoms with Gasteiger partial charge in [0.1, 0.15) is 0 Å². The van der Waals surface area contributed by atoms with Crippen LogP contribution in [-0.2, 0) is 12.8 Å². The molecule has 7 rings (SSSR count). The summed E-state index contributed by atoms with van der Waals surface area (Å²) >= 11 is 8.34. The Bertz CT molecular complexity index is 1800. The first-order chi connectivity index (χ1) is 20.2. The molecule has 0 nitrogen and oxygen atoms in total. The van der Waals surface area contributed by atoms with E-state index in [9.17, 15) is 0 Å². The van der Waals surface area contributed by atoms with E-state index >= 15 is 0 Å². The van der Waals surface area contributed by atoms with E-state index in [4.69, 9.17) is 0 Å². The van der Waals surface area contributed by atoms with Crippen LogP contribution in [0.5, 0.6) is 0 Å². The second kappa shape index (κ2) is 12.5. The number of fused-ring (bicyclic) bond motifs is 5. The molecule has 41 heavy (non-hydrogen) atoms. The van der Waals surface area contributed by atoms with Crippen molar-refractivity contribution in [2.75, 3.05) is 0 Å². The van der Waals surface area contributed by atoms with Gasteiger partial charge in [-0.05, 0) is 0 Å². The number of unbranched alkanes of at least 4 members (excludes halogenated alkanes) is 6. The van der Waals surface area contributed by atoms with Crippen molar-refractivity contribution in [2.45, 2.75) is 78.1 Å². The zero-order chi connectivity index (χ0) is 27.8. The van der Waals surface area contributed by atoms with Gasteiger partial charge in [0.2, 0.25) is 0 Å². The molecule has 0 N–H and O–H groups in total. The Morgan fingerprint density at radius 2 is 0.976 bits per heavy atom. The maximum absolute atomic E-state index is 2.51. The van der Waals surface area contributed by atoms with Crippen molar-refractivity contribution < 1.29 is 0 Å². The third-order valence-electron chi connectivity index (χ3n) is 8.11. The number of rotatable bonds is 12. The number of hydrogen-bond acceptors (Lipinski definition) is 4. The second-order valence-corrected chi connectivity index (χ2v) is 18.0. The van der Waals surface area contributed by atoms with E-state index < -0.39 is 0 Å². The molecule has 5 heterocycles. The maximum atomic E-state index is 2.51. The van der Waals surface area contributed by atoms with Gasteiger partial charge in [0.25, 0.3) is 0 Å². The van der Waals surface area contributed by atoms with Crippen molar-refractivity contribution in [3.05, 3.63) is 70.4 Å². The third kappa shape index (κ3) is 5.92. The summed E-state index contributed by atoms with van der Waals surface area (Å²) in [7, 11) is 0. The molecule has 0 amide bonds. The van der Waals surface area contributed by atoms with Crippen molar-refractivity contribution in [3.8, 4) is 19.5 Å². The minimum absolute atomic E-state index is 0.379. The van der Waals surface area contributed by atoms with Crippen LogP contribution in [0.1, 0.15) is 75.0 Å². The summed E-state index contributed by atoms with van der Waals surface area (Å²) in [5.41, 5.74) is 0. The van der Waals surface area contributed by atoms with Crippen molar-refractivity contribution >= 4 is 99.3 Å². The number of aryl methyl sites for hydroxylation is 2. The van der Waals surface area contributed by atoms with Crippen LogP contribution in [0.3, 0.4) is 0 Å². The van der Waals surface area contributed by atoms with E-state index in [1.807, 2.05) is 45.3 Å². The molecule has 0 fully saturated rings. The molecule has 5 heteroatoms. The number of thiophene rings is 4. The average Bonchev–Trinajstić information content (AvgIpc) is 3.80. The molecule has 0 unspecified atom stereocenters. The summed E-state index contributed by atoms with van der Waals surface area (Å²) in [6.45, 7) is 4.58.